The van der Waals surface area contributed by atoms with Gasteiger partial charge in [0.25, 0.3) is 0 Å². The van der Waals surface area contributed by atoms with Gasteiger partial charge in [-0.3, -0.25) is 0 Å². The molecule has 0 aliphatic carbocycles. The van der Waals surface area contributed by atoms with E-state index < -0.39 is 0 Å². The number of nitrogens with one attached hydrogen (secondary N) is 1. The lowest BCUT2D eigenvalue weighted by Gasteiger charge is -2.18. The molecule has 3 aromatic rings. The zero-order chi connectivity index (χ0) is 13.8. The molecule has 0 fully saturated rings. The minimum absolute atomic E-state index is 0.419. The van der Waals surface area contributed by atoms with E-state index in [2.05, 4.69) is 53.8 Å². The lowest BCUT2D eigenvalue weighted by molar-refractivity contribution is 0.615. The monoisotopic (exact) mass is 265 g/mol. The highest BCUT2D eigenvalue weighted by atomic mass is 16.3. The van der Waals surface area contributed by atoms with Gasteiger partial charge in [0.05, 0.1) is 6.26 Å². The van der Waals surface area contributed by atoms with Crippen LogP contribution >= 0.6 is 0 Å². The summed E-state index contributed by atoms with van der Waals surface area (Å²) in [6, 6.07) is 19.2. The van der Waals surface area contributed by atoms with Crippen molar-refractivity contribution in [1.82, 2.24) is 5.32 Å². The fraction of sp³-hybridized carbons (Fsp3) is 0.222. The van der Waals surface area contributed by atoms with Crippen molar-refractivity contribution in [3.05, 3.63) is 72.0 Å². The van der Waals surface area contributed by atoms with E-state index in [0.717, 1.165) is 18.5 Å². The largest absolute Gasteiger partial charge is 0.464 e. The van der Waals surface area contributed by atoms with E-state index in [4.69, 9.17) is 4.42 Å². The maximum atomic E-state index is 5.43. The number of hydrogen-bond donors (Lipinski definition) is 1. The molecule has 1 aromatic heterocycles. The molecule has 2 heteroatoms. The van der Waals surface area contributed by atoms with Gasteiger partial charge in [-0.05, 0) is 49.3 Å². The van der Waals surface area contributed by atoms with Crippen LogP contribution in [0.15, 0.2) is 65.3 Å². The van der Waals surface area contributed by atoms with Crippen molar-refractivity contribution < 1.29 is 4.42 Å². The molecule has 0 aliphatic heterocycles. The highest BCUT2D eigenvalue weighted by Gasteiger charge is 2.14. The zero-order valence-corrected chi connectivity index (χ0v) is 11.7. The van der Waals surface area contributed by atoms with Gasteiger partial charge in [0.1, 0.15) is 5.58 Å². The van der Waals surface area contributed by atoms with Crippen molar-refractivity contribution >= 4 is 11.0 Å². The third-order valence-corrected chi connectivity index (χ3v) is 3.76. The van der Waals surface area contributed by atoms with Crippen LogP contribution in [0, 0.1) is 0 Å². The standard InChI is InChI=1S/C18H19NO/c1-19-11-9-17(14-5-3-2-4-6-14)15-7-8-18-16(13-15)10-12-20-18/h2-8,10,12-13,17,19H,9,11H2,1H3/t17-/m1/s1. The molecule has 0 unspecified atom stereocenters. The van der Waals surface area contributed by atoms with E-state index in [1.165, 1.54) is 16.5 Å². The van der Waals surface area contributed by atoms with Crippen molar-refractivity contribution in [2.45, 2.75) is 12.3 Å². The lowest BCUT2D eigenvalue weighted by Crippen LogP contribution is -2.13. The van der Waals surface area contributed by atoms with Crippen molar-refractivity contribution in [2.75, 3.05) is 13.6 Å². The third-order valence-electron chi connectivity index (χ3n) is 3.76. The Morgan fingerprint density at radius 1 is 1.00 bits per heavy atom. The van der Waals surface area contributed by atoms with Gasteiger partial charge in [0.15, 0.2) is 0 Å². The molecule has 0 bridgehead atoms. The van der Waals surface area contributed by atoms with Crippen LogP contribution in [-0.2, 0) is 0 Å². The van der Waals surface area contributed by atoms with E-state index in [1.807, 2.05) is 13.1 Å². The fourth-order valence-corrected chi connectivity index (χ4v) is 2.70. The molecule has 3 rings (SSSR count). The molecule has 20 heavy (non-hydrogen) atoms. The molecular weight excluding hydrogens is 246 g/mol. The fourth-order valence-electron chi connectivity index (χ4n) is 2.70. The molecule has 2 nitrogen and oxygen atoms in total. The first-order valence-electron chi connectivity index (χ1n) is 7.05. The number of furan rings is 1. The Kier molecular flexibility index (Phi) is 3.84. The maximum absolute atomic E-state index is 5.43. The molecule has 0 aliphatic rings. The number of benzene rings is 2. The second-order valence-electron chi connectivity index (χ2n) is 5.07. The third kappa shape index (κ3) is 2.61. The SMILES string of the molecule is CNCC[C@H](c1ccccc1)c1ccc2occc2c1. The summed E-state index contributed by atoms with van der Waals surface area (Å²) in [6.45, 7) is 1.00. The van der Waals surface area contributed by atoms with Crippen LogP contribution in [-0.4, -0.2) is 13.6 Å². The first-order valence-corrected chi connectivity index (χ1v) is 7.05. The van der Waals surface area contributed by atoms with Gasteiger partial charge in [-0.15, -0.1) is 0 Å². The molecule has 2 aromatic carbocycles. The van der Waals surface area contributed by atoms with E-state index >= 15 is 0 Å². The summed E-state index contributed by atoms with van der Waals surface area (Å²) in [5.41, 5.74) is 3.67. The van der Waals surface area contributed by atoms with Gasteiger partial charge in [-0.25, -0.2) is 0 Å². The summed E-state index contributed by atoms with van der Waals surface area (Å²) in [5.74, 6) is 0.419. The molecule has 1 N–H and O–H groups in total. The minimum Gasteiger partial charge on any atom is -0.464 e. The number of rotatable bonds is 5. The summed E-state index contributed by atoms with van der Waals surface area (Å²) in [6.07, 6.45) is 2.84. The van der Waals surface area contributed by atoms with Gasteiger partial charge >= 0.3 is 0 Å². The summed E-state index contributed by atoms with van der Waals surface area (Å²) < 4.78 is 5.43. The molecule has 0 saturated carbocycles. The van der Waals surface area contributed by atoms with E-state index in [9.17, 15) is 0 Å². The first-order chi connectivity index (χ1) is 9.88. The molecule has 1 heterocycles. The zero-order valence-electron chi connectivity index (χ0n) is 11.7. The smallest absolute Gasteiger partial charge is 0.133 e. The predicted octanol–water partition coefficient (Wildman–Crippen LogP) is 4.17. The first kappa shape index (κ1) is 12.9. The van der Waals surface area contributed by atoms with Crippen molar-refractivity contribution in [3.63, 3.8) is 0 Å². The average molecular weight is 265 g/mol. The Labute approximate surface area is 119 Å². The van der Waals surface area contributed by atoms with E-state index in [-0.39, 0.29) is 0 Å². The molecule has 0 saturated heterocycles. The molecular formula is C18H19NO. The van der Waals surface area contributed by atoms with Crippen molar-refractivity contribution in [1.29, 1.82) is 0 Å². The predicted molar refractivity (Wildman–Crippen MR) is 83.0 cm³/mol. The van der Waals surface area contributed by atoms with Crippen LogP contribution in [0.3, 0.4) is 0 Å². The second kappa shape index (κ2) is 5.93. The minimum atomic E-state index is 0.419. The van der Waals surface area contributed by atoms with Crippen LogP contribution in [0.25, 0.3) is 11.0 Å². The lowest BCUT2D eigenvalue weighted by atomic mass is 9.88. The average Bonchev–Trinajstić information content (AvgIpc) is 2.96. The van der Waals surface area contributed by atoms with Crippen LogP contribution in [0.4, 0.5) is 0 Å². The van der Waals surface area contributed by atoms with Gasteiger partial charge in [0.2, 0.25) is 0 Å². The molecule has 102 valence electrons. The van der Waals surface area contributed by atoms with Crippen LogP contribution < -0.4 is 5.32 Å². The number of fused-ring (bicyclic) bond motifs is 1. The maximum Gasteiger partial charge on any atom is 0.133 e. The van der Waals surface area contributed by atoms with Crippen molar-refractivity contribution in [2.24, 2.45) is 0 Å². The van der Waals surface area contributed by atoms with Gasteiger partial charge in [0, 0.05) is 11.3 Å². The van der Waals surface area contributed by atoms with Gasteiger partial charge < -0.3 is 9.73 Å². The Hall–Kier alpha value is -2.06. The second-order valence-corrected chi connectivity index (χ2v) is 5.07. The van der Waals surface area contributed by atoms with Gasteiger partial charge in [-0.2, -0.15) is 0 Å². The van der Waals surface area contributed by atoms with Crippen LogP contribution in [0.2, 0.25) is 0 Å². The topological polar surface area (TPSA) is 25.2 Å². The Balaban J connectivity index is 1.99. The summed E-state index contributed by atoms with van der Waals surface area (Å²) in [7, 11) is 2.00. The molecule has 0 amide bonds. The van der Waals surface area contributed by atoms with Gasteiger partial charge in [-0.1, -0.05) is 36.4 Å². The van der Waals surface area contributed by atoms with Crippen molar-refractivity contribution in [3.8, 4) is 0 Å². The highest BCUT2D eigenvalue weighted by Crippen LogP contribution is 2.30. The van der Waals surface area contributed by atoms with Crippen LogP contribution in [0.5, 0.6) is 0 Å². The summed E-state index contributed by atoms with van der Waals surface area (Å²) in [5, 5.41) is 4.43. The van der Waals surface area contributed by atoms with E-state index in [1.54, 1.807) is 6.26 Å². The van der Waals surface area contributed by atoms with Crippen LogP contribution in [0.1, 0.15) is 23.5 Å². The quantitative estimate of drug-likeness (QED) is 0.749. The van der Waals surface area contributed by atoms with E-state index in [0.29, 0.717) is 5.92 Å². The summed E-state index contributed by atoms with van der Waals surface area (Å²) in [4.78, 5) is 0. The Morgan fingerprint density at radius 2 is 1.85 bits per heavy atom. The molecule has 0 radical (unpaired) electrons. The normalized spacial score (nSPS) is 12.7. The Bertz CT molecular complexity index is 672. The number of hydrogen-bond acceptors (Lipinski definition) is 2. The molecule has 1 atom stereocenters. The highest BCUT2D eigenvalue weighted by molar-refractivity contribution is 5.78. The molecule has 0 spiro atoms. The Morgan fingerprint density at radius 3 is 2.65 bits per heavy atom. The summed E-state index contributed by atoms with van der Waals surface area (Å²) >= 11 is 0.